The van der Waals surface area contributed by atoms with Crippen LogP contribution in [0.4, 0.5) is 0 Å². The molecule has 0 atom stereocenters. The molecule has 6 nitrogen and oxygen atoms in total. The molecule has 0 saturated heterocycles. The van der Waals surface area contributed by atoms with Crippen molar-refractivity contribution in [3.05, 3.63) is 53.3 Å². The fraction of sp³-hybridized carbons (Fsp3) is 0.368. The molecule has 0 spiro atoms. The highest BCUT2D eigenvalue weighted by Crippen LogP contribution is 2.33. The molecule has 0 fully saturated rings. The lowest BCUT2D eigenvalue weighted by Gasteiger charge is -2.29. The number of aromatic carboxylic acids is 1. The van der Waals surface area contributed by atoms with Gasteiger partial charge in [0.15, 0.2) is 0 Å². The van der Waals surface area contributed by atoms with E-state index in [1.165, 1.54) is 0 Å². The van der Waals surface area contributed by atoms with Gasteiger partial charge in [-0.1, -0.05) is 6.07 Å². The topological polar surface area (TPSA) is 71.9 Å². The first kappa shape index (κ1) is 17.2. The predicted molar refractivity (Wildman–Crippen MR) is 93.0 cm³/mol. The van der Waals surface area contributed by atoms with Crippen LogP contribution in [0.5, 0.6) is 11.5 Å². The average molecular weight is 342 g/mol. The van der Waals surface area contributed by atoms with Gasteiger partial charge in [-0.05, 0) is 32.0 Å². The van der Waals surface area contributed by atoms with Crippen LogP contribution in [0, 0.1) is 0 Å². The van der Waals surface area contributed by atoms with E-state index in [0.717, 1.165) is 17.1 Å². The fourth-order valence-electron chi connectivity index (χ4n) is 3.14. The number of ether oxygens (including phenoxy) is 2. The number of carboxylic acid groups (broad SMARTS) is 1. The summed E-state index contributed by atoms with van der Waals surface area (Å²) >= 11 is 0. The van der Waals surface area contributed by atoms with E-state index in [0.29, 0.717) is 25.3 Å². The summed E-state index contributed by atoms with van der Waals surface area (Å²) in [5, 5.41) is 9.37. The smallest absolute Gasteiger partial charge is 0.337 e. The highest BCUT2D eigenvalue weighted by molar-refractivity contribution is 5.88. The van der Waals surface area contributed by atoms with Crippen molar-refractivity contribution in [2.45, 2.75) is 32.5 Å². The first-order chi connectivity index (χ1) is 11.9. The summed E-state index contributed by atoms with van der Waals surface area (Å²) in [6, 6.07) is 9.01. The number of carboxylic acids is 1. The Morgan fingerprint density at radius 2 is 2.20 bits per heavy atom. The van der Waals surface area contributed by atoms with Gasteiger partial charge in [-0.15, -0.1) is 0 Å². The van der Waals surface area contributed by atoms with E-state index in [2.05, 4.69) is 9.88 Å². The van der Waals surface area contributed by atoms with Gasteiger partial charge in [0.05, 0.1) is 18.4 Å². The number of aromatic nitrogens is 1. The van der Waals surface area contributed by atoms with Crippen LogP contribution in [-0.2, 0) is 13.1 Å². The number of pyridine rings is 1. The Morgan fingerprint density at radius 3 is 2.92 bits per heavy atom. The second-order valence-electron chi connectivity index (χ2n) is 6.78. The Hall–Kier alpha value is -2.60. The Kier molecular flexibility index (Phi) is 4.63. The largest absolute Gasteiger partial charge is 0.497 e. The molecule has 0 unspecified atom stereocenters. The van der Waals surface area contributed by atoms with Crippen molar-refractivity contribution in [1.29, 1.82) is 0 Å². The van der Waals surface area contributed by atoms with E-state index in [-0.39, 0.29) is 5.56 Å². The summed E-state index contributed by atoms with van der Waals surface area (Å²) in [7, 11) is 1.63. The van der Waals surface area contributed by atoms with Crippen LogP contribution >= 0.6 is 0 Å². The minimum absolute atomic E-state index is 0.237. The Balaban J connectivity index is 1.91. The van der Waals surface area contributed by atoms with E-state index < -0.39 is 11.6 Å². The molecule has 1 aromatic heterocycles. The highest BCUT2D eigenvalue weighted by Gasteiger charge is 2.30. The zero-order valence-electron chi connectivity index (χ0n) is 14.7. The van der Waals surface area contributed by atoms with Crippen molar-refractivity contribution in [3.8, 4) is 11.5 Å². The Labute approximate surface area is 147 Å². The third-order valence-electron chi connectivity index (χ3n) is 4.15. The van der Waals surface area contributed by atoms with Gasteiger partial charge in [0.2, 0.25) is 0 Å². The molecule has 0 aliphatic carbocycles. The van der Waals surface area contributed by atoms with Gasteiger partial charge in [0, 0.05) is 37.5 Å². The number of methoxy groups -OCH3 is 1. The summed E-state index contributed by atoms with van der Waals surface area (Å²) < 4.78 is 11.5. The molecule has 25 heavy (non-hydrogen) atoms. The first-order valence-corrected chi connectivity index (χ1v) is 8.13. The van der Waals surface area contributed by atoms with Crippen LogP contribution in [0.25, 0.3) is 0 Å². The van der Waals surface area contributed by atoms with Crippen LogP contribution < -0.4 is 9.47 Å². The molecule has 2 aromatic rings. The summed E-state index contributed by atoms with van der Waals surface area (Å²) in [5.41, 5.74) is 1.41. The molecule has 0 saturated carbocycles. The van der Waals surface area contributed by atoms with E-state index >= 15 is 0 Å². The van der Waals surface area contributed by atoms with Crippen LogP contribution in [-0.4, -0.2) is 40.2 Å². The zero-order chi connectivity index (χ0) is 18.0. The SMILES string of the molecule is COc1ccc2c(c1)OC(C)(C)CN(Cc1ncccc1C(=O)O)C2. The van der Waals surface area contributed by atoms with E-state index in [4.69, 9.17) is 9.47 Å². The summed E-state index contributed by atoms with van der Waals surface area (Å²) in [6.07, 6.45) is 1.63. The van der Waals surface area contributed by atoms with Crippen molar-refractivity contribution in [1.82, 2.24) is 9.88 Å². The molecule has 0 bridgehead atoms. The molecule has 132 valence electrons. The van der Waals surface area contributed by atoms with Crippen molar-refractivity contribution < 1.29 is 19.4 Å². The summed E-state index contributed by atoms with van der Waals surface area (Å²) in [4.78, 5) is 17.9. The zero-order valence-corrected chi connectivity index (χ0v) is 14.7. The van der Waals surface area contributed by atoms with E-state index in [1.807, 2.05) is 32.0 Å². The number of hydrogen-bond acceptors (Lipinski definition) is 5. The molecular weight excluding hydrogens is 320 g/mol. The lowest BCUT2D eigenvalue weighted by Crippen LogP contribution is -2.40. The van der Waals surface area contributed by atoms with Crippen molar-refractivity contribution in [2.24, 2.45) is 0 Å². The van der Waals surface area contributed by atoms with Gasteiger partial charge in [0.25, 0.3) is 0 Å². The maximum atomic E-state index is 11.4. The van der Waals surface area contributed by atoms with Gasteiger partial charge in [-0.25, -0.2) is 4.79 Å². The standard InChI is InChI=1S/C19H22N2O4/c1-19(2)12-21(11-16-15(18(22)23)5-4-8-20-16)10-13-6-7-14(24-3)9-17(13)25-19/h4-9H,10-12H2,1-3H3,(H,22,23). The number of benzene rings is 1. The average Bonchev–Trinajstić information content (AvgIpc) is 2.68. The number of fused-ring (bicyclic) bond motifs is 1. The second-order valence-corrected chi connectivity index (χ2v) is 6.78. The lowest BCUT2D eigenvalue weighted by atomic mass is 10.1. The number of hydrogen-bond donors (Lipinski definition) is 1. The molecule has 3 rings (SSSR count). The number of carbonyl (C=O) groups is 1. The predicted octanol–water partition coefficient (Wildman–Crippen LogP) is 2.96. The van der Waals surface area contributed by atoms with E-state index in [9.17, 15) is 9.90 Å². The fourth-order valence-corrected chi connectivity index (χ4v) is 3.14. The molecule has 1 aliphatic rings. The highest BCUT2D eigenvalue weighted by atomic mass is 16.5. The normalized spacial score (nSPS) is 16.4. The van der Waals surface area contributed by atoms with Crippen molar-refractivity contribution in [3.63, 3.8) is 0 Å². The maximum Gasteiger partial charge on any atom is 0.337 e. The molecule has 1 aliphatic heterocycles. The first-order valence-electron chi connectivity index (χ1n) is 8.13. The Bertz CT molecular complexity index is 789. The minimum Gasteiger partial charge on any atom is -0.497 e. The van der Waals surface area contributed by atoms with Crippen LogP contribution in [0.15, 0.2) is 36.5 Å². The quantitative estimate of drug-likeness (QED) is 0.921. The number of nitrogens with zero attached hydrogens (tertiary/aromatic N) is 2. The molecule has 1 N–H and O–H groups in total. The van der Waals surface area contributed by atoms with Gasteiger partial charge < -0.3 is 14.6 Å². The molecule has 6 heteroatoms. The Morgan fingerprint density at radius 1 is 1.40 bits per heavy atom. The maximum absolute atomic E-state index is 11.4. The van der Waals surface area contributed by atoms with E-state index in [1.54, 1.807) is 25.4 Å². The summed E-state index contributed by atoms with van der Waals surface area (Å²) in [5.74, 6) is 0.589. The van der Waals surface area contributed by atoms with Gasteiger partial charge in [-0.2, -0.15) is 0 Å². The molecule has 0 radical (unpaired) electrons. The van der Waals surface area contributed by atoms with Gasteiger partial charge in [-0.3, -0.25) is 9.88 Å². The van der Waals surface area contributed by atoms with Crippen LogP contribution in [0.1, 0.15) is 35.5 Å². The van der Waals surface area contributed by atoms with Crippen LogP contribution in [0.2, 0.25) is 0 Å². The van der Waals surface area contributed by atoms with Gasteiger partial charge in [0.1, 0.15) is 17.1 Å². The number of rotatable bonds is 4. The summed E-state index contributed by atoms with van der Waals surface area (Å²) in [6.45, 7) is 5.79. The molecule has 2 heterocycles. The van der Waals surface area contributed by atoms with Crippen molar-refractivity contribution >= 4 is 5.97 Å². The minimum atomic E-state index is -0.960. The molecule has 0 amide bonds. The molecular formula is C19H22N2O4. The second kappa shape index (κ2) is 6.72. The monoisotopic (exact) mass is 342 g/mol. The van der Waals surface area contributed by atoms with Crippen LogP contribution in [0.3, 0.4) is 0 Å². The lowest BCUT2D eigenvalue weighted by molar-refractivity contribution is 0.0659. The third-order valence-corrected chi connectivity index (χ3v) is 4.15. The third kappa shape index (κ3) is 3.91. The van der Waals surface area contributed by atoms with Crippen molar-refractivity contribution in [2.75, 3.05) is 13.7 Å². The molecule has 1 aromatic carbocycles. The van der Waals surface area contributed by atoms with Gasteiger partial charge >= 0.3 is 5.97 Å².